The van der Waals surface area contributed by atoms with Crippen molar-refractivity contribution < 1.29 is 9.63 Å². The van der Waals surface area contributed by atoms with Gasteiger partial charge < -0.3 is 0 Å². The van der Waals surface area contributed by atoms with Crippen LogP contribution in [0.1, 0.15) is 69.0 Å². The van der Waals surface area contributed by atoms with Gasteiger partial charge in [-0.2, -0.15) is 5.06 Å². The fraction of sp³-hybridized carbons (Fsp3) is 0.435. The summed E-state index contributed by atoms with van der Waals surface area (Å²) in [6.45, 7) is 8.79. The maximum Gasteiger partial charge on any atom is 0.198 e. The standard InChI is InChI=1S/C23H29NO2/c1-22(2)16-11-17-23(3,4)24(22)26-21(19-14-9-6-10-15-19)20(25)18-12-7-5-8-13-18/h5-10,12-15,21H,11,16-17H2,1-4H3. The number of carbonyl (C=O) groups excluding carboxylic acids is 1. The minimum atomic E-state index is -0.643. The van der Waals surface area contributed by atoms with Gasteiger partial charge in [0.2, 0.25) is 0 Å². The van der Waals surface area contributed by atoms with Crippen LogP contribution < -0.4 is 0 Å². The fourth-order valence-corrected chi connectivity index (χ4v) is 4.01. The van der Waals surface area contributed by atoms with Gasteiger partial charge in [-0.1, -0.05) is 60.7 Å². The molecule has 0 bridgehead atoms. The number of hydroxylamine groups is 2. The second-order valence-corrected chi connectivity index (χ2v) is 8.40. The van der Waals surface area contributed by atoms with Crippen molar-refractivity contribution in [3.8, 4) is 0 Å². The lowest BCUT2D eigenvalue weighted by Gasteiger charge is -2.52. The third kappa shape index (κ3) is 3.89. The van der Waals surface area contributed by atoms with Gasteiger partial charge in [0.1, 0.15) is 0 Å². The van der Waals surface area contributed by atoms with Crippen molar-refractivity contribution in [2.24, 2.45) is 0 Å². The van der Waals surface area contributed by atoms with E-state index in [1.165, 1.54) is 6.42 Å². The van der Waals surface area contributed by atoms with Gasteiger partial charge in [-0.05, 0) is 52.5 Å². The number of carbonyl (C=O) groups is 1. The number of Topliss-reactive ketones (excluding diaryl/α,β-unsaturated/α-hetero) is 1. The first-order valence-electron chi connectivity index (χ1n) is 9.43. The second kappa shape index (κ2) is 7.34. The van der Waals surface area contributed by atoms with E-state index in [1.54, 1.807) is 0 Å². The Morgan fingerprint density at radius 2 is 1.38 bits per heavy atom. The van der Waals surface area contributed by atoms with E-state index in [-0.39, 0.29) is 16.9 Å². The Balaban J connectivity index is 1.97. The third-order valence-corrected chi connectivity index (χ3v) is 5.29. The number of nitrogens with zero attached hydrogens (tertiary/aromatic N) is 1. The van der Waals surface area contributed by atoms with E-state index < -0.39 is 6.10 Å². The molecule has 26 heavy (non-hydrogen) atoms. The van der Waals surface area contributed by atoms with Crippen molar-refractivity contribution in [1.82, 2.24) is 5.06 Å². The van der Waals surface area contributed by atoms with Crippen LogP contribution in [-0.2, 0) is 4.84 Å². The molecule has 1 fully saturated rings. The summed E-state index contributed by atoms with van der Waals surface area (Å²) >= 11 is 0. The van der Waals surface area contributed by atoms with E-state index in [1.807, 2.05) is 60.7 Å². The first-order chi connectivity index (χ1) is 12.3. The van der Waals surface area contributed by atoms with E-state index >= 15 is 0 Å². The molecule has 3 heteroatoms. The first-order valence-corrected chi connectivity index (χ1v) is 9.43. The zero-order chi connectivity index (χ0) is 18.8. The molecule has 1 unspecified atom stereocenters. The van der Waals surface area contributed by atoms with Crippen LogP contribution in [0, 0.1) is 0 Å². The molecule has 1 aliphatic heterocycles. The van der Waals surface area contributed by atoms with Crippen LogP contribution in [0.4, 0.5) is 0 Å². The smallest absolute Gasteiger partial charge is 0.198 e. The Bertz CT molecular complexity index is 721. The molecule has 3 rings (SSSR count). The average molecular weight is 351 g/mol. The number of ketones is 1. The SMILES string of the molecule is CC1(C)CCCC(C)(C)N1OC(C(=O)c1ccccc1)c1ccccc1. The summed E-state index contributed by atoms with van der Waals surface area (Å²) in [6.07, 6.45) is 2.63. The van der Waals surface area contributed by atoms with Gasteiger partial charge in [-0.3, -0.25) is 9.63 Å². The zero-order valence-electron chi connectivity index (χ0n) is 16.2. The Kier molecular flexibility index (Phi) is 5.31. The summed E-state index contributed by atoms with van der Waals surface area (Å²) in [5, 5.41) is 2.07. The number of piperidine rings is 1. The molecule has 0 N–H and O–H groups in total. The molecule has 0 spiro atoms. The van der Waals surface area contributed by atoms with Gasteiger partial charge in [0.05, 0.1) is 0 Å². The number of hydrogen-bond acceptors (Lipinski definition) is 3. The topological polar surface area (TPSA) is 29.5 Å². The maximum absolute atomic E-state index is 13.3. The number of hydrogen-bond donors (Lipinski definition) is 0. The number of benzene rings is 2. The molecule has 1 saturated heterocycles. The van der Waals surface area contributed by atoms with E-state index in [0.717, 1.165) is 18.4 Å². The molecule has 0 aliphatic carbocycles. The molecule has 1 heterocycles. The minimum Gasteiger partial charge on any atom is -0.291 e. The van der Waals surface area contributed by atoms with E-state index in [2.05, 4.69) is 32.8 Å². The first kappa shape index (κ1) is 18.8. The van der Waals surface area contributed by atoms with Crippen LogP contribution in [0.25, 0.3) is 0 Å². The van der Waals surface area contributed by atoms with Crippen LogP contribution in [0.3, 0.4) is 0 Å². The lowest BCUT2D eigenvalue weighted by atomic mass is 9.82. The lowest BCUT2D eigenvalue weighted by molar-refractivity contribution is -0.296. The van der Waals surface area contributed by atoms with Crippen molar-refractivity contribution in [1.29, 1.82) is 0 Å². The molecule has 1 aliphatic rings. The van der Waals surface area contributed by atoms with Crippen molar-refractivity contribution in [2.75, 3.05) is 0 Å². The molecule has 0 saturated carbocycles. The van der Waals surface area contributed by atoms with Gasteiger partial charge in [0, 0.05) is 16.6 Å². The van der Waals surface area contributed by atoms with Crippen molar-refractivity contribution in [2.45, 2.75) is 64.1 Å². The molecule has 3 nitrogen and oxygen atoms in total. The molecule has 0 aromatic heterocycles. The van der Waals surface area contributed by atoms with Crippen molar-refractivity contribution in [3.05, 3.63) is 71.8 Å². The molecule has 2 aromatic carbocycles. The van der Waals surface area contributed by atoms with Gasteiger partial charge in [0.25, 0.3) is 0 Å². The third-order valence-electron chi connectivity index (χ3n) is 5.29. The van der Waals surface area contributed by atoms with Gasteiger partial charge >= 0.3 is 0 Å². The molecular weight excluding hydrogens is 322 g/mol. The highest BCUT2D eigenvalue weighted by Crippen LogP contribution is 2.41. The summed E-state index contributed by atoms with van der Waals surface area (Å²) in [7, 11) is 0. The highest BCUT2D eigenvalue weighted by molar-refractivity contribution is 6.00. The predicted molar refractivity (Wildman–Crippen MR) is 105 cm³/mol. The quantitative estimate of drug-likeness (QED) is 0.658. The Hall–Kier alpha value is -1.97. The normalized spacial score (nSPS) is 20.5. The average Bonchev–Trinajstić information content (AvgIpc) is 2.62. The minimum absolute atomic E-state index is 0.00558. The summed E-state index contributed by atoms with van der Waals surface area (Å²) < 4.78 is 0. The maximum atomic E-state index is 13.3. The summed E-state index contributed by atoms with van der Waals surface area (Å²) in [6, 6.07) is 19.2. The van der Waals surface area contributed by atoms with Crippen molar-refractivity contribution in [3.63, 3.8) is 0 Å². The lowest BCUT2D eigenvalue weighted by Crippen LogP contribution is -2.58. The van der Waals surface area contributed by atoms with Crippen LogP contribution in [-0.4, -0.2) is 21.9 Å². The van der Waals surface area contributed by atoms with Crippen molar-refractivity contribution >= 4 is 5.78 Å². The molecule has 0 amide bonds. The Morgan fingerprint density at radius 1 is 0.885 bits per heavy atom. The highest BCUT2D eigenvalue weighted by Gasteiger charge is 2.44. The van der Waals surface area contributed by atoms with E-state index in [0.29, 0.717) is 5.56 Å². The van der Waals surface area contributed by atoms with Crippen LogP contribution in [0.2, 0.25) is 0 Å². The zero-order valence-corrected chi connectivity index (χ0v) is 16.2. The highest BCUT2D eigenvalue weighted by atomic mass is 16.7. The molecule has 2 aromatic rings. The largest absolute Gasteiger partial charge is 0.291 e. The van der Waals surface area contributed by atoms with Crippen LogP contribution >= 0.6 is 0 Å². The van der Waals surface area contributed by atoms with Gasteiger partial charge in [-0.25, -0.2) is 0 Å². The number of rotatable bonds is 5. The fourth-order valence-electron chi connectivity index (χ4n) is 4.01. The molecule has 138 valence electrons. The summed E-state index contributed by atoms with van der Waals surface area (Å²) in [5.41, 5.74) is 1.32. The summed E-state index contributed by atoms with van der Waals surface area (Å²) in [5.74, 6) is -0.00558. The summed E-state index contributed by atoms with van der Waals surface area (Å²) in [4.78, 5) is 19.8. The Morgan fingerprint density at radius 3 is 1.92 bits per heavy atom. The molecule has 1 atom stereocenters. The molecular formula is C23H29NO2. The second-order valence-electron chi connectivity index (χ2n) is 8.40. The molecule has 0 radical (unpaired) electrons. The van der Waals surface area contributed by atoms with Gasteiger partial charge in [0.15, 0.2) is 11.9 Å². The monoisotopic (exact) mass is 351 g/mol. The predicted octanol–water partition coefficient (Wildman–Crippen LogP) is 5.59. The van der Waals surface area contributed by atoms with E-state index in [4.69, 9.17) is 4.84 Å². The van der Waals surface area contributed by atoms with Gasteiger partial charge in [-0.15, -0.1) is 0 Å². The Labute approximate surface area is 156 Å². The van der Waals surface area contributed by atoms with Crippen LogP contribution in [0.15, 0.2) is 60.7 Å². The van der Waals surface area contributed by atoms with E-state index in [9.17, 15) is 4.79 Å². The van der Waals surface area contributed by atoms with Crippen LogP contribution in [0.5, 0.6) is 0 Å².